The number of fused-ring (bicyclic) bond motifs is 1. The predicted octanol–water partition coefficient (Wildman–Crippen LogP) is 4.38. The average molecular weight is 376 g/mol. The second-order valence-corrected chi connectivity index (χ2v) is 6.90. The molecule has 0 aromatic heterocycles. The van der Waals surface area contributed by atoms with Crippen LogP contribution in [0.25, 0.3) is 10.8 Å². The van der Waals surface area contributed by atoms with E-state index >= 15 is 0 Å². The number of carbonyl (C=O) groups is 2. The molecule has 5 heteroatoms. The van der Waals surface area contributed by atoms with Gasteiger partial charge in [-0.3, -0.25) is 9.59 Å². The third-order valence-electron chi connectivity index (χ3n) is 4.27. The maximum atomic E-state index is 12.7. The molecule has 0 saturated carbocycles. The first-order valence-corrected chi connectivity index (χ1v) is 9.31. The number of rotatable bonds is 6. The van der Waals surface area contributed by atoms with Crippen LogP contribution in [-0.4, -0.2) is 24.0 Å². The van der Waals surface area contributed by atoms with E-state index in [0.717, 1.165) is 10.8 Å². The number of hydrogen-bond donors (Lipinski definition) is 2. The van der Waals surface area contributed by atoms with Gasteiger partial charge in [0.2, 0.25) is 0 Å². The number of anilines is 1. The van der Waals surface area contributed by atoms with Crippen molar-refractivity contribution in [1.82, 2.24) is 5.32 Å². The number of nitrogens with one attached hydrogen (secondary N) is 2. The summed E-state index contributed by atoms with van der Waals surface area (Å²) in [6, 6.07) is 20.5. The Bertz CT molecular complexity index is 993. The summed E-state index contributed by atoms with van der Waals surface area (Å²) in [5.74, 6) is 0.0952. The van der Waals surface area contributed by atoms with Crippen molar-refractivity contribution in [2.45, 2.75) is 32.9 Å². The highest BCUT2D eigenvalue weighted by Crippen LogP contribution is 2.26. The van der Waals surface area contributed by atoms with Crippen LogP contribution in [0.5, 0.6) is 5.75 Å². The van der Waals surface area contributed by atoms with Gasteiger partial charge in [0.25, 0.3) is 11.8 Å². The monoisotopic (exact) mass is 376 g/mol. The Labute approximate surface area is 164 Å². The van der Waals surface area contributed by atoms with E-state index in [1.54, 1.807) is 31.2 Å². The van der Waals surface area contributed by atoms with Crippen LogP contribution in [0.2, 0.25) is 0 Å². The first-order chi connectivity index (χ1) is 13.5. The number of benzene rings is 3. The first kappa shape index (κ1) is 19.4. The molecule has 5 nitrogen and oxygen atoms in total. The molecule has 0 aliphatic heterocycles. The van der Waals surface area contributed by atoms with Gasteiger partial charge in [-0.2, -0.15) is 0 Å². The molecule has 0 aliphatic carbocycles. The summed E-state index contributed by atoms with van der Waals surface area (Å²) in [5, 5.41) is 7.64. The standard InChI is InChI=1S/C23H24N2O3/c1-15(2)24-23(27)19-12-6-7-13-20(19)25-22(26)16(3)28-21-14-8-10-17-9-4-5-11-18(17)21/h4-16H,1-3H3,(H,24,27)(H,25,26). The number of amides is 2. The van der Waals surface area contributed by atoms with E-state index in [1.165, 1.54) is 0 Å². The Morgan fingerprint density at radius 2 is 1.54 bits per heavy atom. The molecule has 28 heavy (non-hydrogen) atoms. The molecule has 1 atom stereocenters. The van der Waals surface area contributed by atoms with E-state index in [0.29, 0.717) is 17.0 Å². The molecule has 0 heterocycles. The lowest BCUT2D eigenvalue weighted by atomic mass is 10.1. The Hall–Kier alpha value is -3.34. The van der Waals surface area contributed by atoms with Crippen LogP contribution in [0, 0.1) is 0 Å². The van der Waals surface area contributed by atoms with Gasteiger partial charge in [0.05, 0.1) is 11.3 Å². The molecule has 0 aliphatic rings. The Balaban J connectivity index is 1.75. The minimum absolute atomic E-state index is 0.00452. The quantitative estimate of drug-likeness (QED) is 0.671. The predicted molar refractivity (Wildman–Crippen MR) is 112 cm³/mol. The molecule has 0 bridgehead atoms. The highest BCUT2D eigenvalue weighted by molar-refractivity contribution is 6.04. The summed E-state index contributed by atoms with van der Waals surface area (Å²) in [6.45, 7) is 5.46. The largest absolute Gasteiger partial charge is 0.480 e. The average Bonchev–Trinajstić information content (AvgIpc) is 2.68. The highest BCUT2D eigenvalue weighted by Gasteiger charge is 2.19. The zero-order chi connectivity index (χ0) is 20.1. The zero-order valence-corrected chi connectivity index (χ0v) is 16.2. The van der Waals surface area contributed by atoms with Crippen LogP contribution in [-0.2, 0) is 4.79 Å². The summed E-state index contributed by atoms with van der Waals surface area (Å²) in [5.41, 5.74) is 0.876. The maximum absolute atomic E-state index is 12.7. The molecule has 3 aromatic carbocycles. The smallest absolute Gasteiger partial charge is 0.265 e. The van der Waals surface area contributed by atoms with Crippen molar-refractivity contribution in [3.63, 3.8) is 0 Å². The minimum atomic E-state index is -0.730. The van der Waals surface area contributed by atoms with Gasteiger partial charge in [0, 0.05) is 11.4 Å². The van der Waals surface area contributed by atoms with E-state index in [2.05, 4.69) is 10.6 Å². The fourth-order valence-electron chi connectivity index (χ4n) is 2.91. The molecule has 3 aromatic rings. The molecular formula is C23H24N2O3. The van der Waals surface area contributed by atoms with Crippen molar-refractivity contribution in [2.75, 3.05) is 5.32 Å². The summed E-state index contributed by atoms with van der Waals surface area (Å²) in [4.78, 5) is 25.1. The molecule has 144 valence electrons. The number of carbonyl (C=O) groups excluding carboxylic acids is 2. The molecular weight excluding hydrogens is 352 g/mol. The summed E-state index contributed by atoms with van der Waals surface area (Å²) in [6.07, 6.45) is -0.730. The highest BCUT2D eigenvalue weighted by atomic mass is 16.5. The lowest BCUT2D eigenvalue weighted by Crippen LogP contribution is -2.33. The number of hydrogen-bond acceptors (Lipinski definition) is 3. The molecule has 1 unspecified atom stereocenters. The van der Waals surface area contributed by atoms with Crippen molar-refractivity contribution in [1.29, 1.82) is 0 Å². The van der Waals surface area contributed by atoms with Gasteiger partial charge in [-0.05, 0) is 44.4 Å². The van der Waals surface area contributed by atoms with Crippen molar-refractivity contribution in [3.05, 3.63) is 72.3 Å². The van der Waals surface area contributed by atoms with Gasteiger partial charge >= 0.3 is 0 Å². The van der Waals surface area contributed by atoms with Crippen molar-refractivity contribution in [3.8, 4) is 5.75 Å². The van der Waals surface area contributed by atoms with E-state index in [1.807, 2.05) is 56.3 Å². The molecule has 0 fully saturated rings. The summed E-state index contributed by atoms with van der Waals surface area (Å²) >= 11 is 0. The topological polar surface area (TPSA) is 67.4 Å². The molecule has 2 N–H and O–H groups in total. The Kier molecular flexibility index (Phi) is 5.94. The van der Waals surface area contributed by atoms with Crippen LogP contribution in [0.3, 0.4) is 0 Å². The Morgan fingerprint density at radius 1 is 0.857 bits per heavy atom. The van der Waals surface area contributed by atoms with Crippen LogP contribution in [0.15, 0.2) is 66.7 Å². The lowest BCUT2D eigenvalue weighted by molar-refractivity contribution is -0.122. The third kappa shape index (κ3) is 4.49. The summed E-state index contributed by atoms with van der Waals surface area (Å²) < 4.78 is 5.91. The summed E-state index contributed by atoms with van der Waals surface area (Å²) in [7, 11) is 0. The van der Waals surface area contributed by atoms with E-state index in [4.69, 9.17) is 4.74 Å². The molecule has 0 spiro atoms. The number of ether oxygens (including phenoxy) is 1. The van der Waals surface area contributed by atoms with Crippen LogP contribution in [0.1, 0.15) is 31.1 Å². The zero-order valence-electron chi connectivity index (χ0n) is 16.2. The second-order valence-electron chi connectivity index (χ2n) is 6.90. The van der Waals surface area contributed by atoms with Gasteiger partial charge in [-0.1, -0.05) is 48.5 Å². The molecule has 0 radical (unpaired) electrons. The van der Waals surface area contributed by atoms with Crippen molar-refractivity contribution < 1.29 is 14.3 Å². The lowest BCUT2D eigenvalue weighted by Gasteiger charge is -2.18. The van der Waals surface area contributed by atoms with Gasteiger partial charge in [-0.25, -0.2) is 0 Å². The second kappa shape index (κ2) is 8.57. The maximum Gasteiger partial charge on any atom is 0.265 e. The molecule has 0 saturated heterocycles. The minimum Gasteiger partial charge on any atom is -0.480 e. The van der Waals surface area contributed by atoms with Gasteiger partial charge < -0.3 is 15.4 Å². The van der Waals surface area contributed by atoms with Gasteiger partial charge in [0.1, 0.15) is 5.75 Å². The molecule has 2 amide bonds. The first-order valence-electron chi connectivity index (χ1n) is 9.31. The van der Waals surface area contributed by atoms with Crippen LogP contribution < -0.4 is 15.4 Å². The fourth-order valence-corrected chi connectivity index (χ4v) is 2.91. The van der Waals surface area contributed by atoms with Crippen molar-refractivity contribution >= 4 is 28.3 Å². The van der Waals surface area contributed by atoms with E-state index in [9.17, 15) is 9.59 Å². The third-order valence-corrected chi connectivity index (χ3v) is 4.27. The fraction of sp³-hybridized carbons (Fsp3) is 0.217. The van der Waals surface area contributed by atoms with Crippen LogP contribution in [0.4, 0.5) is 5.69 Å². The normalized spacial score (nSPS) is 11.9. The van der Waals surface area contributed by atoms with E-state index in [-0.39, 0.29) is 17.9 Å². The Morgan fingerprint density at radius 3 is 2.32 bits per heavy atom. The van der Waals surface area contributed by atoms with Crippen molar-refractivity contribution in [2.24, 2.45) is 0 Å². The van der Waals surface area contributed by atoms with Gasteiger partial charge in [-0.15, -0.1) is 0 Å². The molecule has 3 rings (SSSR count). The number of para-hydroxylation sites is 1. The van der Waals surface area contributed by atoms with Gasteiger partial charge in [0.15, 0.2) is 6.10 Å². The van der Waals surface area contributed by atoms with Crippen LogP contribution >= 0.6 is 0 Å². The SMILES string of the molecule is CC(C)NC(=O)c1ccccc1NC(=O)C(C)Oc1cccc2ccccc12. The van der Waals surface area contributed by atoms with E-state index < -0.39 is 6.10 Å².